The van der Waals surface area contributed by atoms with Gasteiger partial charge in [-0.25, -0.2) is 9.67 Å². The first-order chi connectivity index (χ1) is 13.0. The van der Waals surface area contributed by atoms with E-state index >= 15 is 0 Å². The lowest BCUT2D eigenvalue weighted by Crippen LogP contribution is -2.17. The molecule has 27 heavy (non-hydrogen) atoms. The van der Waals surface area contributed by atoms with E-state index in [-0.39, 0.29) is 17.2 Å². The topological polar surface area (TPSA) is 116 Å². The number of carbonyl (C=O) groups excluding carboxylic acids is 1. The summed E-state index contributed by atoms with van der Waals surface area (Å²) in [5, 5.41) is 16.9. The van der Waals surface area contributed by atoms with Crippen molar-refractivity contribution < 1.29 is 4.79 Å². The average molecular weight is 401 g/mol. The predicted octanol–water partition coefficient (Wildman–Crippen LogP) is 2.52. The van der Waals surface area contributed by atoms with Crippen LogP contribution >= 0.6 is 23.4 Å². The molecule has 2 N–H and O–H groups in total. The van der Waals surface area contributed by atoms with E-state index in [1.807, 2.05) is 6.07 Å². The van der Waals surface area contributed by atoms with E-state index in [2.05, 4.69) is 20.4 Å². The Labute approximate surface area is 163 Å². The number of aromatic amines is 1. The number of hydrogen-bond donors (Lipinski definition) is 2. The number of H-pyrrole nitrogens is 1. The summed E-state index contributed by atoms with van der Waals surface area (Å²) in [7, 11) is 0. The molecule has 1 aromatic carbocycles. The van der Waals surface area contributed by atoms with Gasteiger partial charge in [-0.3, -0.25) is 9.59 Å². The second-order valence-corrected chi connectivity index (χ2v) is 6.89. The summed E-state index contributed by atoms with van der Waals surface area (Å²) in [4.78, 5) is 30.5. The van der Waals surface area contributed by atoms with Gasteiger partial charge in [-0.05, 0) is 30.7 Å². The number of nitrogens with one attached hydrogen (secondary N) is 2. The fraction of sp³-hybridized carbons (Fsp3) is 0.118. The summed E-state index contributed by atoms with van der Waals surface area (Å²) in [5.74, 6) is -0.327. The molecule has 0 spiro atoms. The number of thioether (sulfide) groups is 1. The number of amides is 1. The number of aryl methyl sites for hydroxylation is 1. The first kappa shape index (κ1) is 18.7. The number of pyridine rings is 1. The molecule has 0 unspecified atom stereocenters. The Morgan fingerprint density at radius 3 is 2.96 bits per heavy atom. The van der Waals surface area contributed by atoms with Gasteiger partial charge < -0.3 is 10.3 Å². The number of nitriles is 1. The van der Waals surface area contributed by atoms with Crippen molar-refractivity contribution >= 4 is 35.0 Å². The van der Waals surface area contributed by atoms with Gasteiger partial charge in [0.25, 0.3) is 0 Å². The molecule has 0 bridgehead atoms. The Morgan fingerprint density at radius 1 is 1.44 bits per heavy atom. The molecule has 0 saturated carbocycles. The molecule has 10 heteroatoms. The Kier molecular flexibility index (Phi) is 5.59. The highest BCUT2D eigenvalue weighted by Crippen LogP contribution is 2.25. The maximum atomic E-state index is 12.4. The first-order valence-corrected chi connectivity index (χ1v) is 9.05. The van der Waals surface area contributed by atoms with Crippen LogP contribution in [0.25, 0.3) is 5.69 Å². The molecule has 0 aliphatic rings. The van der Waals surface area contributed by atoms with Gasteiger partial charge in [0.1, 0.15) is 18.7 Å². The maximum absolute atomic E-state index is 12.4. The SMILES string of the molecule is Cc1cc(=O)[nH]c(SCC(=O)Nc2cc(Cl)ccc2-n2cncn2)c1C#N. The van der Waals surface area contributed by atoms with Crippen LogP contribution in [0.1, 0.15) is 11.1 Å². The van der Waals surface area contributed by atoms with Crippen LogP contribution < -0.4 is 10.9 Å². The molecule has 0 aliphatic carbocycles. The molecule has 0 atom stereocenters. The zero-order valence-electron chi connectivity index (χ0n) is 14.1. The van der Waals surface area contributed by atoms with Gasteiger partial charge in [0.15, 0.2) is 0 Å². The smallest absolute Gasteiger partial charge is 0.249 e. The van der Waals surface area contributed by atoms with Crippen molar-refractivity contribution in [3.8, 4) is 11.8 Å². The van der Waals surface area contributed by atoms with Crippen LogP contribution in [0.3, 0.4) is 0 Å². The van der Waals surface area contributed by atoms with Gasteiger partial charge in [0.2, 0.25) is 11.5 Å². The molecule has 3 rings (SSSR count). The van der Waals surface area contributed by atoms with Crippen LogP contribution in [0, 0.1) is 18.3 Å². The second-order valence-electron chi connectivity index (χ2n) is 5.47. The molecule has 8 nitrogen and oxygen atoms in total. The number of carbonyl (C=O) groups is 1. The Balaban J connectivity index is 1.77. The lowest BCUT2D eigenvalue weighted by molar-refractivity contribution is -0.113. The van der Waals surface area contributed by atoms with Crippen LogP contribution in [0.15, 0.2) is 46.7 Å². The molecule has 2 heterocycles. The van der Waals surface area contributed by atoms with Crippen molar-refractivity contribution in [2.24, 2.45) is 0 Å². The number of hydrogen-bond acceptors (Lipinski definition) is 6. The highest BCUT2D eigenvalue weighted by molar-refractivity contribution is 8.00. The van der Waals surface area contributed by atoms with E-state index < -0.39 is 0 Å². The minimum atomic E-state index is -0.324. The molecule has 3 aromatic rings. The summed E-state index contributed by atoms with van der Waals surface area (Å²) in [5.41, 5.74) is 1.66. The van der Waals surface area contributed by atoms with Crippen molar-refractivity contribution in [2.75, 3.05) is 11.1 Å². The summed E-state index contributed by atoms with van der Waals surface area (Å²) in [6.45, 7) is 1.67. The highest BCUT2D eigenvalue weighted by atomic mass is 35.5. The number of halogens is 1. The van der Waals surface area contributed by atoms with Crippen LogP contribution in [0.2, 0.25) is 5.02 Å². The van der Waals surface area contributed by atoms with Gasteiger partial charge in [-0.15, -0.1) is 0 Å². The fourth-order valence-corrected chi connectivity index (χ4v) is 3.41. The Bertz CT molecular complexity index is 1090. The Hall–Kier alpha value is -3.09. The standard InChI is InChI=1S/C17H13ClN6O2S/c1-10-4-15(25)23-17(12(10)6-19)27-7-16(26)22-13-5-11(18)2-3-14(13)24-9-20-8-21-24/h2-5,8-9H,7H2,1H3,(H,22,26)(H,23,25). The largest absolute Gasteiger partial charge is 0.323 e. The third-order valence-electron chi connectivity index (χ3n) is 3.56. The minimum Gasteiger partial charge on any atom is -0.323 e. The van der Waals surface area contributed by atoms with Crippen molar-refractivity contribution in [1.29, 1.82) is 5.26 Å². The van der Waals surface area contributed by atoms with Crippen molar-refractivity contribution in [3.63, 3.8) is 0 Å². The van der Waals surface area contributed by atoms with E-state index in [1.54, 1.807) is 25.1 Å². The summed E-state index contributed by atoms with van der Waals surface area (Å²) >= 11 is 7.11. The number of aromatic nitrogens is 4. The quantitative estimate of drug-likeness (QED) is 0.635. The number of nitrogens with zero attached hydrogens (tertiary/aromatic N) is 4. The van der Waals surface area contributed by atoms with E-state index in [4.69, 9.17) is 11.6 Å². The van der Waals surface area contributed by atoms with Crippen LogP contribution in [-0.4, -0.2) is 31.4 Å². The summed E-state index contributed by atoms with van der Waals surface area (Å²) < 4.78 is 1.50. The number of rotatable bonds is 5. The van der Waals surface area contributed by atoms with Crippen molar-refractivity contribution in [3.05, 3.63) is 63.4 Å². The van der Waals surface area contributed by atoms with Gasteiger partial charge >= 0.3 is 0 Å². The van der Waals surface area contributed by atoms with Gasteiger partial charge in [-0.1, -0.05) is 23.4 Å². The monoisotopic (exact) mass is 400 g/mol. The molecule has 0 fully saturated rings. The van der Waals surface area contributed by atoms with Crippen molar-refractivity contribution in [1.82, 2.24) is 19.7 Å². The third kappa shape index (κ3) is 4.36. The normalized spacial score (nSPS) is 10.4. The molecule has 0 radical (unpaired) electrons. The zero-order valence-corrected chi connectivity index (χ0v) is 15.6. The molecule has 0 aliphatic heterocycles. The maximum Gasteiger partial charge on any atom is 0.249 e. The minimum absolute atomic E-state index is 0.00260. The number of anilines is 1. The molecule has 2 aromatic heterocycles. The summed E-state index contributed by atoms with van der Waals surface area (Å²) in [6, 6.07) is 8.39. The van der Waals surface area contributed by atoms with Crippen LogP contribution in [0.4, 0.5) is 5.69 Å². The molecule has 136 valence electrons. The average Bonchev–Trinajstić information content (AvgIpc) is 3.14. The lowest BCUT2D eigenvalue weighted by Gasteiger charge is -2.11. The Morgan fingerprint density at radius 2 is 2.26 bits per heavy atom. The summed E-state index contributed by atoms with van der Waals surface area (Å²) in [6.07, 6.45) is 2.89. The molecular formula is C17H13ClN6O2S. The van der Waals surface area contributed by atoms with Gasteiger partial charge in [-0.2, -0.15) is 10.4 Å². The highest BCUT2D eigenvalue weighted by Gasteiger charge is 2.13. The predicted molar refractivity (Wildman–Crippen MR) is 102 cm³/mol. The molecule has 0 saturated heterocycles. The second kappa shape index (κ2) is 8.07. The fourth-order valence-electron chi connectivity index (χ4n) is 2.37. The third-order valence-corrected chi connectivity index (χ3v) is 4.80. The van der Waals surface area contributed by atoms with Gasteiger partial charge in [0.05, 0.1) is 27.7 Å². The van der Waals surface area contributed by atoms with Crippen LogP contribution in [0.5, 0.6) is 0 Å². The van der Waals surface area contributed by atoms with Gasteiger partial charge in [0, 0.05) is 11.1 Å². The molecular weight excluding hydrogens is 388 g/mol. The lowest BCUT2D eigenvalue weighted by atomic mass is 10.2. The molecule has 1 amide bonds. The van der Waals surface area contributed by atoms with E-state index in [1.165, 1.54) is 23.4 Å². The van der Waals surface area contributed by atoms with Crippen molar-refractivity contribution in [2.45, 2.75) is 11.9 Å². The zero-order chi connectivity index (χ0) is 19.4. The van der Waals surface area contributed by atoms with E-state index in [0.717, 1.165) is 11.8 Å². The first-order valence-electron chi connectivity index (χ1n) is 7.69. The van der Waals surface area contributed by atoms with Crippen LogP contribution in [-0.2, 0) is 4.79 Å². The number of benzene rings is 1. The van der Waals surface area contributed by atoms with E-state index in [9.17, 15) is 14.9 Å². The van der Waals surface area contributed by atoms with E-state index in [0.29, 0.717) is 32.6 Å².